The zero-order valence-electron chi connectivity index (χ0n) is 33.4. The van der Waals surface area contributed by atoms with Gasteiger partial charge in [0.05, 0.1) is 31.9 Å². The summed E-state index contributed by atoms with van der Waals surface area (Å²) >= 11 is 0. The third-order valence-electron chi connectivity index (χ3n) is 9.78. The number of nitrogens with one attached hydrogen (secondary N) is 4. The number of aldehydes is 2. The average molecular weight is 852 g/mol. The molecular weight excluding hydrogens is 803 g/mol. The molecule has 1 fully saturated rings. The maximum Gasteiger partial charge on any atom is 0.305 e. The predicted octanol–water partition coefficient (Wildman–Crippen LogP) is 1.42. The van der Waals surface area contributed by atoms with E-state index in [-0.39, 0.29) is 67.7 Å². The first-order chi connectivity index (χ1) is 28.6. The van der Waals surface area contributed by atoms with Crippen molar-refractivity contribution in [3.8, 4) is 5.75 Å². The summed E-state index contributed by atoms with van der Waals surface area (Å²) in [5.74, 6) is -4.42. The topological polar surface area (TPSA) is 261 Å². The van der Waals surface area contributed by atoms with Gasteiger partial charge in [-0.3, -0.25) is 38.1 Å². The van der Waals surface area contributed by atoms with Crippen LogP contribution in [-0.4, -0.2) is 117 Å². The second kappa shape index (κ2) is 21.7. The van der Waals surface area contributed by atoms with E-state index >= 15 is 0 Å². The van der Waals surface area contributed by atoms with Gasteiger partial charge in [-0.05, 0) is 73.6 Å². The van der Waals surface area contributed by atoms with Crippen molar-refractivity contribution in [3.63, 3.8) is 0 Å². The van der Waals surface area contributed by atoms with E-state index in [0.29, 0.717) is 29.9 Å². The zero-order valence-corrected chi connectivity index (χ0v) is 34.2. The number of ether oxygens (including phenoxy) is 2. The van der Waals surface area contributed by atoms with E-state index < -0.39 is 82.1 Å². The first kappa shape index (κ1) is 46.5. The van der Waals surface area contributed by atoms with Crippen LogP contribution < -0.4 is 26.0 Å². The number of methoxy groups -OCH3 is 1. The van der Waals surface area contributed by atoms with Gasteiger partial charge in [-0.25, -0.2) is 0 Å². The number of rotatable bonds is 21. The van der Waals surface area contributed by atoms with Gasteiger partial charge in [-0.2, -0.15) is 8.42 Å². The number of carbonyl (C=O) groups is 8. The van der Waals surface area contributed by atoms with Crippen LogP contribution in [0.25, 0.3) is 10.8 Å². The van der Waals surface area contributed by atoms with Crippen molar-refractivity contribution in [1.29, 1.82) is 0 Å². The Morgan fingerprint density at radius 1 is 1.00 bits per heavy atom. The lowest BCUT2D eigenvalue weighted by Crippen LogP contribution is -2.56. The highest BCUT2D eigenvalue weighted by molar-refractivity contribution is 7.85. The fraction of sp³-hybridized carbons (Fsp3) is 0.415. The van der Waals surface area contributed by atoms with Gasteiger partial charge in [0.1, 0.15) is 42.2 Å². The molecule has 19 heteroatoms. The molecule has 1 saturated heterocycles. The van der Waals surface area contributed by atoms with Crippen molar-refractivity contribution in [2.24, 2.45) is 0 Å². The smallest absolute Gasteiger partial charge is 0.305 e. The third-order valence-corrected chi connectivity index (χ3v) is 10.5. The third kappa shape index (κ3) is 12.9. The Kier molecular flexibility index (Phi) is 16.8. The first-order valence-electron chi connectivity index (χ1n) is 19.3. The summed E-state index contributed by atoms with van der Waals surface area (Å²) in [5.41, 5.74) is 0.426. The minimum absolute atomic E-state index is 0.0140. The molecule has 0 bridgehead atoms. The molecule has 5 amide bonds. The van der Waals surface area contributed by atoms with Crippen LogP contribution in [0.5, 0.6) is 5.75 Å². The molecular formula is C41H49N5O13S. The van der Waals surface area contributed by atoms with E-state index in [0.717, 1.165) is 5.39 Å². The van der Waals surface area contributed by atoms with Crippen LogP contribution in [0.3, 0.4) is 0 Å². The SMILES string of the molecule is CCOc1ccc2ccccc2c1C(=O)NC(Cc1ccc(CS(=O)(=O)O)c(C=O)c1)C(=O)NC(C)C(=O)N1CCCC1C(=O)NCC(=O)NC(C=O)CCCC(=O)OC. The standard InChI is InChI=1S/C41H49N5O13S/c1-4-59-34-17-16-27-9-5-6-11-31(27)37(34)40(53)45-32(20-26-14-15-28(24-60(55,56)57)29(19-26)22-47)38(51)43-25(2)41(54)46-18-8-12-33(46)39(52)42-21-35(49)44-30(23-48)10-7-13-36(50)58-3/h5-6,9,11,14-17,19,22-23,25,30,32-33H,4,7-8,10,12-13,18,20-21,24H2,1-3H3,(H,42,52)(H,43,51)(H,44,49)(H,45,53)(H,55,56,57). The quantitative estimate of drug-likeness (QED) is 0.0578. The zero-order chi connectivity index (χ0) is 44.0. The molecule has 0 aliphatic carbocycles. The highest BCUT2D eigenvalue weighted by Crippen LogP contribution is 2.29. The maximum atomic E-state index is 14.1. The van der Waals surface area contributed by atoms with E-state index in [4.69, 9.17) is 4.74 Å². The average Bonchev–Trinajstić information content (AvgIpc) is 3.72. The Bertz CT molecular complexity index is 2210. The fourth-order valence-corrected chi connectivity index (χ4v) is 7.52. The summed E-state index contributed by atoms with van der Waals surface area (Å²) < 4.78 is 42.8. The van der Waals surface area contributed by atoms with E-state index in [9.17, 15) is 51.3 Å². The lowest BCUT2D eigenvalue weighted by molar-refractivity contribution is -0.141. The largest absolute Gasteiger partial charge is 0.493 e. The number of hydrogen-bond donors (Lipinski definition) is 5. The minimum Gasteiger partial charge on any atom is -0.493 e. The van der Waals surface area contributed by atoms with Gasteiger partial charge in [0.15, 0.2) is 0 Å². The molecule has 18 nitrogen and oxygen atoms in total. The predicted molar refractivity (Wildman–Crippen MR) is 216 cm³/mol. The van der Waals surface area contributed by atoms with Gasteiger partial charge < -0.3 is 40.4 Å². The normalized spacial score (nSPS) is 15.2. The van der Waals surface area contributed by atoms with E-state index in [1.807, 2.05) is 0 Å². The maximum absolute atomic E-state index is 14.1. The summed E-state index contributed by atoms with van der Waals surface area (Å²) in [4.78, 5) is 104. The van der Waals surface area contributed by atoms with Gasteiger partial charge in [-0.1, -0.05) is 42.5 Å². The Morgan fingerprint density at radius 3 is 2.43 bits per heavy atom. The number of amides is 5. The van der Waals surface area contributed by atoms with Gasteiger partial charge in [-0.15, -0.1) is 0 Å². The van der Waals surface area contributed by atoms with Crippen molar-refractivity contribution in [2.45, 2.75) is 82.3 Å². The van der Waals surface area contributed by atoms with Crippen molar-refractivity contribution in [1.82, 2.24) is 26.2 Å². The number of likely N-dealkylation sites (tertiary alicyclic amines) is 1. The van der Waals surface area contributed by atoms with Crippen molar-refractivity contribution < 1.29 is 60.8 Å². The van der Waals surface area contributed by atoms with Crippen molar-refractivity contribution in [3.05, 3.63) is 76.9 Å². The number of esters is 1. The van der Waals surface area contributed by atoms with Crippen LogP contribution in [0.2, 0.25) is 0 Å². The molecule has 5 N–H and O–H groups in total. The minimum atomic E-state index is -4.48. The molecule has 4 rings (SSSR count). The summed E-state index contributed by atoms with van der Waals surface area (Å²) in [5, 5.41) is 11.6. The van der Waals surface area contributed by atoms with Crippen LogP contribution in [0.1, 0.15) is 77.8 Å². The summed E-state index contributed by atoms with van der Waals surface area (Å²) in [6, 6.07) is 10.1. The van der Waals surface area contributed by atoms with Crippen LogP contribution in [0.15, 0.2) is 54.6 Å². The summed E-state index contributed by atoms with van der Waals surface area (Å²) in [7, 11) is -3.25. The van der Waals surface area contributed by atoms with Gasteiger partial charge in [0.25, 0.3) is 16.0 Å². The van der Waals surface area contributed by atoms with Crippen LogP contribution >= 0.6 is 0 Å². The molecule has 3 aromatic carbocycles. The molecule has 0 radical (unpaired) electrons. The number of fused-ring (bicyclic) bond motifs is 1. The van der Waals surface area contributed by atoms with Crippen molar-refractivity contribution >= 4 is 69.0 Å². The van der Waals surface area contributed by atoms with E-state index in [1.54, 1.807) is 43.3 Å². The number of hydrogen-bond acceptors (Lipinski definition) is 12. The highest BCUT2D eigenvalue weighted by Gasteiger charge is 2.37. The van der Waals surface area contributed by atoms with Gasteiger partial charge in [0, 0.05) is 24.9 Å². The molecule has 4 atom stereocenters. The molecule has 1 aliphatic heterocycles. The number of nitrogens with zero attached hydrogens (tertiary/aromatic N) is 1. The van der Waals surface area contributed by atoms with Crippen LogP contribution in [0.4, 0.5) is 0 Å². The fourth-order valence-electron chi connectivity index (χ4n) is 6.86. The summed E-state index contributed by atoms with van der Waals surface area (Å²) in [6.07, 6.45) is 1.93. The monoisotopic (exact) mass is 851 g/mol. The Hall–Kier alpha value is -6.21. The molecule has 0 spiro atoms. The molecule has 60 heavy (non-hydrogen) atoms. The second-order valence-electron chi connectivity index (χ2n) is 14.1. The van der Waals surface area contributed by atoms with Crippen LogP contribution in [-0.2, 0) is 55.8 Å². The van der Waals surface area contributed by atoms with Gasteiger partial charge in [0.2, 0.25) is 23.6 Å². The van der Waals surface area contributed by atoms with E-state index in [1.165, 1.54) is 37.1 Å². The molecule has 3 aromatic rings. The lowest BCUT2D eigenvalue weighted by Gasteiger charge is -2.28. The Balaban J connectivity index is 1.50. The lowest BCUT2D eigenvalue weighted by atomic mass is 9.98. The second-order valence-corrected chi connectivity index (χ2v) is 15.6. The molecule has 322 valence electrons. The molecule has 1 heterocycles. The Morgan fingerprint density at radius 2 is 1.75 bits per heavy atom. The molecule has 4 unspecified atom stereocenters. The molecule has 0 aromatic heterocycles. The van der Waals surface area contributed by atoms with Gasteiger partial charge >= 0.3 is 5.97 Å². The Labute approximate surface area is 346 Å². The van der Waals surface area contributed by atoms with Crippen molar-refractivity contribution in [2.75, 3.05) is 26.8 Å². The number of carbonyl (C=O) groups excluding carboxylic acids is 8. The van der Waals surface area contributed by atoms with E-state index in [2.05, 4.69) is 26.0 Å². The first-order valence-corrected chi connectivity index (χ1v) is 20.9. The highest BCUT2D eigenvalue weighted by atomic mass is 32.2. The molecule has 1 aliphatic rings. The van der Waals surface area contributed by atoms with Crippen LogP contribution in [0, 0.1) is 0 Å². The summed E-state index contributed by atoms with van der Waals surface area (Å²) in [6.45, 7) is 3.07. The molecule has 0 saturated carbocycles. The number of benzene rings is 3.